The van der Waals surface area contributed by atoms with Gasteiger partial charge in [-0.05, 0) is 30.3 Å². The van der Waals surface area contributed by atoms with E-state index in [0.29, 0.717) is 28.5 Å². The fourth-order valence-corrected chi connectivity index (χ4v) is 3.19. The molecule has 0 saturated carbocycles. The highest BCUT2D eigenvalue weighted by atomic mass is 16.5. The number of H-pyrrole nitrogens is 1. The number of anilines is 1. The van der Waals surface area contributed by atoms with Crippen molar-refractivity contribution in [3.63, 3.8) is 0 Å². The summed E-state index contributed by atoms with van der Waals surface area (Å²) in [4.78, 5) is 27.8. The molecule has 1 amide bonds. The minimum atomic E-state index is -0.299. The SMILES string of the molecule is C=CC(=O)Nc1cccc(Oc2cnc3[nH]cc(-c4cnn(-c5cccnc5)c4)c3n2)c1. The highest BCUT2D eigenvalue weighted by Gasteiger charge is 2.13. The van der Waals surface area contributed by atoms with Crippen LogP contribution in [0.2, 0.25) is 0 Å². The molecule has 0 bridgehead atoms. The molecule has 0 saturated heterocycles. The van der Waals surface area contributed by atoms with Crippen LogP contribution in [-0.4, -0.2) is 35.6 Å². The van der Waals surface area contributed by atoms with Crippen LogP contribution >= 0.6 is 0 Å². The number of rotatable bonds is 6. The molecule has 0 radical (unpaired) electrons. The van der Waals surface area contributed by atoms with Crippen LogP contribution in [0.15, 0.2) is 86.2 Å². The molecule has 0 aliphatic heterocycles. The molecule has 2 N–H and O–H groups in total. The first-order valence-electron chi connectivity index (χ1n) is 9.70. The summed E-state index contributed by atoms with van der Waals surface area (Å²) >= 11 is 0. The minimum absolute atomic E-state index is 0.299. The summed E-state index contributed by atoms with van der Waals surface area (Å²) < 4.78 is 7.63. The molecule has 5 rings (SSSR count). The van der Waals surface area contributed by atoms with Crippen molar-refractivity contribution in [3.05, 3.63) is 86.2 Å². The summed E-state index contributed by atoms with van der Waals surface area (Å²) in [5.41, 5.74) is 4.46. The van der Waals surface area contributed by atoms with Gasteiger partial charge in [-0.2, -0.15) is 5.10 Å². The van der Waals surface area contributed by atoms with Gasteiger partial charge in [-0.3, -0.25) is 9.78 Å². The molecular formula is C23H17N7O2. The van der Waals surface area contributed by atoms with Gasteiger partial charge in [-0.1, -0.05) is 12.6 Å². The number of aromatic nitrogens is 6. The highest BCUT2D eigenvalue weighted by Crippen LogP contribution is 2.29. The average molecular weight is 423 g/mol. The van der Waals surface area contributed by atoms with Gasteiger partial charge in [0.15, 0.2) is 5.65 Å². The summed E-state index contributed by atoms with van der Waals surface area (Å²) in [5.74, 6) is 0.541. The van der Waals surface area contributed by atoms with E-state index in [-0.39, 0.29) is 5.91 Å². The van der Waals surface area contributed by atoms with Crippen molar-refractivity contribution in [2.75, 3.05) is 5.32 Å². The number of carbonyl (C=O) groups is 1. The van der Waals surface area contributed by atoms with Crippen molar-refractivity contribution < 1.29 is 9.53 Å². The Labute approximate surface area is 182 Å². The molecule has 0 aliphatic carbocycles. The Morgan fingerprint density at radius 1 is 1.19 bits per heavy atom. The van der Waals surface area contributed by atoms with Crippen LogP contribution < -0.4 is 10.1 Å². The van der Waals surface area contributed by atoms with Crippen LogP contribution in [0.3, 0.4) is 0 Å². The van der Waals surface area contributed by atoms with E-state index in [0.717, 1.165) is 16.8 Å². The number of aromatic amines is 1. The molecule has 5 aromatic rings. The van der Waals surface area contributed by atoms with Crippen molar-refractivity contribution in [1.82, 2.24) is 29.7 Å². The van der Waals surface area contributed by atoms with E-state index in [9.17, 15) is 4.79 Å². The lowest BCUT2D eigenvalue weighted by Gasteiger charge is -2.07. The second-order valence-corrected chi connectivity index (χ2v) is 6.82. The third-order valence-corrected chi connectivity index (χ3v) is 4.67. The van der Waals surface area contributed by atoms with E-state index in [4.69, 9.17) is 4.74 Å². The molecule has 0 unspecified atom stereocenters. The van der Waals surface area contributed by atoms with E-state index in [2.05, 4.69) is 36.9 Å². The van der Waals surface area contributed by atoms with Gasteiger partial charge in [-0.25, -0.2) is 14.6 Å². The van der Waals surface area contributed by atoms with Crippen molar-refractivity contribution in [2.24, 2.45) is 0 Å². The predicted octanol–water partition coefficient (Wildman–Crippen LogP) is 4.12. The molecule has 0 atom stereocenters. The molecule has 0 aliphatic rings. The van der Waals surface area contributed by atoms with Crippen LogP contribution in [-0.2, 0) is 4.79 Å². The summed E-state index contributed by atoms with van der Waals surface area (Å²) in [7, 11) is 0. The third-order valence-electron chi connectivity index (χ3n) is 4.67. The zero-order valence-corrected chi connectivity index (χ0v) is 16.8. The summed E-state index contributed by atoms with van der Waals surface area (Å²) in [6.07, 6.45) is 11.7. The van der Waals surface area contributed by atoms with E-state index in [1.807, 2.05) is 24.5 Å². The zero-order chi connectivity index (χ0) is 21.9. The molecule has 4 heterocycles. The molecule has 4 aromatic heterocycles. The number of pyridine rings is 1. The number of fused-ring (bicyclic) bond motifs is 1. The van der Waals surface area contributed by atoms with Crippen LogP contribution in [0.25, 0.3) is 28.0 Å². The number of amides is 1. The van der Waals surface area contributed by atoms with Gasteiger partial charge in [0.2, 0.25) is 11.8 Å². The van der Waals surface area contributed by atoms with Crippen LogP contribution in [0.4, 0.5) is 5.69 Å². The number of nitrogens with one attached hydrogen (secondary N) is 2. The molecule has 1 aromatic carbocycles. The Kier molecular flexibility index (Phi) is 4.89. The zero-order valence-electron chi connectivity index (χ0n) is 16.8. The fraction of sp³-hybridized carbons (Fsp3) is 0. The Morgan fingerprint density at radius 2 is 2.12 bits per heavy atom. The Morgan fingerprint density at radius 3 is 2.97 bits per heavy atom. The van der Waals surface area contributed by atoms with E-state index < -0.39 is 0 Å². The number of ether oxygens (including phenoxy) is 1. The third kappa shape index (κ3) is 3.82. The lowest BCUT2D eigenvalue weighted by Crippen LogP contribution is -2.07. The van der Waals surface area contributed by atoms with Crippen molar-refractivity contribution in [2.45, 2.75) is 0 Å². The first kappa shape index (κ1) is 19.2. The molecule has 9 heteroatoms. The molecule has 0 fully saturated rings. The highest BCUT2D eigenvalue weighted by molar-refractivity contribution is 5.99. The maximum Gasteiger partial charge on any atom is 0.247 e. The van der Waals surface area contributed by atoms with Gasteiger partial charge in [-0.15, -0.1) is 0 Å². The minimum Gasteiger partial charge on any atom is -0.437 e. The van der Waals surface area contributed by atoms with Crippen LogP contribution in [0.5, 0.6) is 11.6 Å². The van der Waals surface area contributed by atoms with E-state index in [1.165, 1.54) is 12.3 Å². The first-order valence-corrected chi connectivity index (χ1v) is 9.70. The Balaban J connectivity index is 1.44. The molecule has 9 nitrogen and oxygen atoms in total. The Bertz CT molecular complexity index is 1420. The average Bonchev–Trinajstić information content (AvgIpc) is 3.47. The quantitative estimate of drug-likeness (QED) is 0.398. The lowest BCUT2D eigenvalue weighted by atomic mass is 10.2. The van der Waals surface area contributed by atoms with Gasteiger partial charge in [0.25, 0.3) is 0 Å². The standard InChI is InChI=1S/C23H17N7O2/c1-2-20(31)28-16-5-3-7-18(9-16)32-21-13-26-23-22(29-21)19(12-25-23)15-10-27-30(14-15)17-6-4-8-24-11-17/h2-14H,1H2,(H,25,26)(H,28,31). The van der Waals surface area contributed by atoms with Crippen LogP contribution in [0, 0.1) is 0 Å². The molecule has 0 spiro atoms. The fourth-order valence-electron chi connectivity index (χ4n) is 3.19. The maximum atomic E-state index is 11.5. The second-order valence-electron chi connectivity index (χ2n) is 6.82. The molecule has 156 valence electrons. The monoisotopic (exact) mass is 423 g/mol. The van der Waals surface area contributed by atoms with Gasteiger partial charge >= 0.3 is 0 Å². The lowest BCUT2D eigenvalue weighted by molar-refractivity contribution is -0.111. The van der Waals surface area contributed by atoms with E-state index in [1.54, 1.807) is 47.5 Å². The summed E-state index contributed by atoms with van der Waals surface area (Å²) in [5, 5.41) is 7.12. The molecule has 32 heavy (non-hydrogen) atoms. The van der Waals surface area contributed by atoms with Crippen molar-refractivity contribution >= 4 is 22.8 Å². The van der Waals surface area contributed by atoms with E-state index >= 15 is 0 Å². The first-order chi connectivity index (χ1) is 15.7. The van der Waals surface area contributed by atoms with Crippen molar-refractivity contribution in [1.29, 1.82) is 0 Å². The Hall–Kier alpha value is -4.79. The number of nitrogens with zero attached hydrogens (tertiary/aromatic N) is 5. The predicted molar refractivity (Wildman–Crippen MR) is 120 cm³/mol. The van der Waals surface area contributed by atoms with Gasteiger partial charge in [0, 0.05) is 41.5 Å². The molecular weight excluding hydrogens is 406 g/mol. The normalized spacial score (nSPS) is 10.8. The largest absolute Gasteiger partial charge is 0.437 e. The number of benzene rings is 1. The van der Waals surface area contributed by atoms with Crippen LogP contribution in [0.1, 0.15) is 0 Å². The summed E-state index contributed by atoms with van der Waals surface area (Å²) in [6.45, 7) is 3.45. The second kappa shape index (κ2) is 8.15. The number of hydrogen-bond acceptors (Lipinski definition) is 6. The van der Waals surface area contributed by atoms with Gasteiger partial charge < -0.3 is 15.0 Å². The van der Waals surface area contributed by atoms with Crippen molar-refractivity contribution in [3.8, 4) is 28.4 Å². The topological polar surface area (TPSA) is 111 Å². The maximum absolute atomic E-state index is 11.5. The number of hydrogen-bond donors (Lipinski definition) is 2. The number of carbonyl (C=O) groups excluding carboxylic acids is 1. The summed E-state index contributed by atoms with van der Waals surface area (Å²) in [6, 6.07) is 10.8. The van der Waals surface area contributed by atoms with Gasteiger partial charge in [0.1, 0.15) is 11.3 Å². The smallest absolute Gasteiger partial charge is 0.247 e. The van der Waals surface area contributed by atoms with Gasteiger partial charge in [0.05, 0.1) is 24.3 Å².